The third-order valence-electron chi connectivity index (χ3n) is 2.74. The standard InChI is InChI=1S/C13H19ClN2O2/c1-10(2)16(9-13(15)17)7-8-18-12-6-4-3-5-11(12)14/h3-6,10H,7-9H2,1-2H3,(H2,15,17)/p+1. The van der Waals surface area contributed by atoms with Crippen molar-refractivity contribution in [3.8, 4) is 5.75 Å². The molecule has 0 aromatic heterocycles. The van der Waals surface area contributed by atoms with Gasteiger partial charge in [0.2, 0.25) is 0 Å². The molecule has 0 bridgehead atoms. The molecule has 4 nitrogen and oxygen atoms in total. The topological polar surface area (TPSA) is 56.8 Å². The summed E-state index contributed by atoms with van der Waals surface area (Å²) in [7, 11) is 0. The van der Waals surface area contributed by atoms with Crippen LogP contribution in [0.5, 0.6) is 5.75 Å². The molecule has 1 aromatic carbocycles. The van der Waals surface area contributed by atoms with Gasteiger partial charge in [0.15, 0.2) is 6.54 Å². The number of nitrogens with two attached hydrogens (primary N) is 1. The van der Waals surface area contributed by atoms with Gasteiger partial charge in [-0.15, -0.1) is 0 Å². The van der Waals surface area contributed by atoms with E-state index in [1.54, 1.807) is 6.07 Å². The SMILES string of the molecule is CC(C)[NH+](CCOc1ccccc1Cl)CC(N)=O. The second-order valence-electron chi connectivity index (χ2n) is 4.48. The van der Waals surface area contributed by atoms with Crippen LogP contribution in [0.15, 0.2) is 24.3 Å². The molecule has 1 amide bonds. The normalized spacial score (nSPS) is 12.4. The van der Waals surface area contributed by atoms with E-state index in [1.165, 1.54) is 0 Å². The number of quaternary nitrogens is 1. The molecule has 0 aliphatic carbocycles. The van der Waals surface area contributed by atoms with Crippen molar-refractivity contribution in [3.63, 3.8) is 0 Å². The Morgan fingerprint density at radius 3 is 2.67 bits per heavy atom. The maximum absolute atomic E-state index is 10.9. The number of nitrogens with one attached hydrogen (secondary N) is 1. The van der Waals surface area contributed by atoms with Gasteiger partial charge >= 0.3 is 0 Å². The summed E-state index contributed by atoms with van der Waals surface area (Å²) >= 11 is 5.98. The molecule has 0 saturated carbocycles. The highest BCUT2D eigenvalue weighted by Crippen LogP contribution is 2.22. The van der Waals surface area contributed by atoms with Crippen LogP contribution in [0.4, 0.5) is 0 Å². The van der Waals surface area contributed by atoms with Gasteiger partial charge in [-0.2, -0.15) is 0 Å². The summed E-state index contributed by atoms with van der Waals surface area (Å²) in [5, 5.41) is 0.596. The Labute approximate surface area is 113 Å². The van der Waals surface area contributed by atoms with E-state index in [0.717, 1.165) is 4.90 Å². The Hall–Kier alpha value is -1.26. The van der Waals surface area contributed by atoms with Crippen molar-refractivity contribution < 1.29 is 14.4 Å². The number of ether oxygens (including phenoxy) is 1. The Morgan fingerprint density at radius 2 is 2.11 bits per heavy atom. The lowest BCUT2D eigenvalue weighted by atomic mass is 10.3. The molecular formula is C13H20ClN2O2+. The Morgan fingerprint density at radius 1 is 1.44 bits per heavy atom. The van der Waals surface area contributed by atoms with Crippen LogP contribution in [0.1, 0.15) is 13.8 Å². The second-order valence-corrected chi connectivity index (χ2v) is 4.89. The molecule has 1 unspecified atom stereocenters. The summed E-state index contributed by atoms with van der Waals surface area (Å²) in [5.41, 5.74) is 5.22. The van der Waals surface area contributed by atoms with Crippen LogP contribution in [-0.4, -0.2) is 31.6 Å². The van der Waals surface area contributed by atoms with Gasteiger partial charge in [-0.05, 0) is 26.0 Å². The number of benzene rings is 1. The molecule has 0 radical (unpaired) electrons. The Balaban J connectivity index is 2.44. The minimum atomic E-state index is -0.295. The van der Waals surface area contributed by atoms with Crippen molar-refractivity contribution in [1.82, 2.24) is 0 Å². The van der Waals surface area contributed by atoms with E-state index in [9.17, 15) is 4.79 Å². The molecule has 18 heavy (non-hydrogen) atoms. The Kier molecular flexibility index (Phi) is 5.95. The van der Waals surface area contributed by atoms with Crippen LogP contribution < -0.4 is 15.4 Å². The largest absolute Gasteiger partial charge is 0.486 e. The third kappa shape index (κ3) is 4.94. The van der Waals surface area contributed by atoms with Gasteiger partial charge in [0, 0.05) is 0 Å². The van der Waals surface area contributed by atoms with Gasteiger partial charge < -0.3 is 15.4 Å². The summed E-state index contributed by atoms with van der Waals surface area (Å²) in [6, 6.07) is 7.66. The van der Waals surface area contributed by atoms with Crippen molar-refractivity contribution in [2.24, 2.45) is 5.73 Å². The number of halogens is 1. The van der Waals surface area contributed by atoms with Crippen LogP contribution >= 0.6 is 11.6 Å². The van der Waals surface area contributed by atoms with E-state index in [4.69, 9.17) is 22.1 Å². The molecule has 0 saturated heterocycles. The summed E-state index contributed by atoms with van der Waals surface area (Å²) in [6.45, 7) is 5.64. The fourth-order valence-electron chi connectivity index (χ4n) is 1.66. The number of hydrogen-bond acceptors (Lipinski definition) is 2. The number of para-hydroxylation sites is 1. The number of primary amides is 1. The lowest BCUT2D eigenvalue weighted by Gasteiger charge is -2.22. The van der Waals surface area contributed by atoms with Crippen molar-refractivity contribution in [1.29, 1.82) is 0 Å². The van der Waals surface area contributed by atoms with Crippen LogP contribution in [0.2, 0.25) is 5.02 Å². The number of carbonyl (C=O) groups is 1. The van der Waals surface area contributed by atoms with Gasteiger partial charge in [-0.3, -0.25) is 4.79 Å². The van der Waals surface area contributed by atoms with E-state index in [2.05, 4.69) is 0 Å². The molecule has 0 aliphatic heterocycles. The summed E-state index contributed by atoms with van der Waals surface area (Å²) in [5.74, 6) is 0.373. The first-order valence-corrected chi connectivity index (χ1v) is 6.38. The molecule has 0 aliphatic rings. The van der Waals surface area contributed by atoms with Crippen LogP contribution in [-0.2, 0) is 4.79 Å². The van der Waals surface area contributed by atoms with E-state index in [1.807, 2.05) is 32.0 Å². The number of rotatable bonds is 7. The zero-order valence-electron chi connectivity index (χ0n) is 10.8. The van der Waals surface area contributed by atoms with Crippen molar-refractivity contribution in [3.05, 3.63) is 29.3 Å². The minimum absolute atomic E-state index is 0.295. The molecule has 0 heterocycles. The van der Waals surface area contributed by atoms with E-state index in [-0.39, 0.29) is 5.91 Å². The molecule has 0 fully saturated rings. The predicted octanol–water partition coefficient (Wildman–Crippen LogP) is 0.497. The first kappa shape index (κ1) is 14.8. The fourth-order valence-corrected chi connectivity index (χ4v) is 1.85. The molecule has 0 spiro atoms. The highest BCUT2D eigenvalue weighted by molar-refractivity contribution is 6.32. The molecule has 1 rings (SSSR count). The number of amides is 1. The molecule has 3 N–H and O–H groups in total. The maximum atomic E-state index is 10.9. The first-order chi connectivity index (χ1) is 8.50. The zero-order chi connectivity index (χ0) is 13.5. The monoisotopic (exact) mass is 271 g/mol. The van der Waals surface area contributed by atoms with Crippen molar-refractivity contribution in [2.45, 2.75) is 19.9 Å². The van der Waals surface area contributed by atoms with Gasteiger partial charge in [0.1, 0.15) is 18.9 Å². The van der Waals surface area contributed by atoms with E-state index in [0.29, 0.717) is 36.5 Å². The molecule has 5 heteroatoms. The minimum Gasteiger partial charge on any atom is -0.486 e. The highest BCUT2D eigenvalue weighted by atomic mass is 35.5. The zero-order valence-corrected chi connectivity index (χ0v) is 11.5. The number of carbonyl (C=O) groups excluding carboxylic acids is 1. The summed E-state index contributed by atoms with van der Waals surface area (Å²) in [4.78, 5) is 12.0. The highest BCUT2D eigenvalue weighted by Gasteiger charge is 2.15. The van der Waals surface area contributed by atoms with E-state index < -0.39 is 0 Å². The molecular weight excluding hydrogens is 252 g/mol. The summed E-state index contributed by atoms with van der Waals surface area (Å²) in [6.07, 6.45) is 0. The smallest absolute Gasteiger partial charge is 0.272 e. The molecule has 1 atom stereocenters. The quantitative estimate of drug-likeness (QED) is 0.759. The van der Waals surface area contributed by atoms with Crippen molar-refractivity contribution in [2.75, 3.05) is 19.7 Å². The number of hydrogen-bond donors (Lipinski definition) is 2. The lowest BCUT2D eigenvalue weighted by molar-refractivity contribution is -0.913. The van der Waals surface area contributed by atoms with Crippen LogP contribution in [0, 0.1) is 0 Å². The van der Waals surface area contributed by atoms with Crippen LogP contribution in [0.25, 0.3) is 0 Å². The Bertz CT molecular complexity index is 396. The second kappa shape index (κ2) is 7.24. The predicted molar refractivity (Wildman–Crippen MR) is 72.0 cm³/mol. The van der Waals surface area contributed by atoms with Gasteiger partial charge in [-0.25, -0.2) is 0 Å². The van der Waals surface area contributed by atoms with Gasteiger partial charge in [0.05, 0.1) is 11.1 Å². The molecule has 1 aromatic rings. The average Bonchev–Trinajstić information content (AvgIpc) is 2.29. The van der Waals surface area contributed by atoms with Gasteiger partial charge in [0.25, 0.3) is 5.91 Å². The average molecular weight is 272 g/mol. The van der Waals surface area contributed by atoms with E-state index >= 15 is 0 Å². The fraction of sp³-hybridized carbons (Fsp3) is 0.462. The van der Waals surface area contributed by atoms with Crippen LogP contribution in [0.3, 0.4) is 0 Å². The molecule has 100 valence electrons. The lowest BCUT2D eigenvalue weighted by Crippen LogP contribution is -3.16. The van der Waals surface area contributed by atoms with Crippen molar-refractivity contribution >= 4 is 17.5 Å². The van der Waals surface area contributed by atoms with Gasteiger partial charge in [-0.1, -0.05) is 23.7 Å². The third-order valence-corrected chi connectivity index (χ3v) is 3.05. The maximum Gasteiger partial charge on any atom is 0.272 e. The summed E-state index contributed by atoms with van der Waals surface area (Å²) < 4.78 is 5.59. The first-order valence-electron chi connectivity index (χ1n) is 6.01.